The smallest absolute Gasteiger partial charge is 0.351 e. The maximum Gasteiger partial charge on any atom is 0.416 e. The number of piperazine rings is 1. The van der Waals surface area contributed by atoms with E-state index in [0.29, 0.717) is 44.3 Å². The average molecular weight is 471 g/mol. The molecule has 0 bridgehead atoms. The van der Waals surface area contributed by atoms with E-state index < -0.39 is 11.7 Å². The minimum Gasteiger partial charge on any atom is -0.351 e. The summed E-state index contributed by atoms with van der Waals surface area (Å²) in [6.07, 6.45) is -2.05. The van der Waals surface area contributed by atoms with Crippen molar-refractivity contribution in [2.24, 2.45) is 0 Å². The Morgan fingerprint density at radius 2 is 1.65 bits per heavy atom. The first-order valence-corrected chi connectivity index (χ1v) is 11.9. The minimum absolute atomic E-state index is 0.00574. The summed E-state index contributed by atoms with van der Waals surface area (Å²) in [5, 5.41) is 4.44. The molecule has 8 heteroatoms. The highest BCUT2D eigenvalue weighted by molar-refractivity contribution is 5.98. The van der Waals surface area contributed by atoms with Gasteiger partial charge in [0.05, 0.1) is 5.56 Å². The van der Waals surface area contributed by atoms with Crippen LogP contribution in [0.15, 0.2) is 48.5 Å². The van der Waals surface area contributed by atoms with Gasteiger partial charge in [-0.1, -0.05) is 24.3 Å². The Hall–Kier alpha value is -2.84. The number of halogens is 3. The summed E-state index contributed by atoms with van der Waals surface area (Å²) in [5.41, 5.74) is 3.14. The number of fused-ring (bicyclic) bond motifs is 1. The molecule has 3 aromatic rings. The summed E-state index contributed by atoms with van der Waals surface area (Å²) in [6.45, 7) is 5.22. The van der Waals surface area contributed by atoms with Crippen LogP contribution in [0.3, 0.4) is 0 Å². The van der Waals surface area contributed by atoms with Gasteiger partial charge in [-0.05, 0) is 67.2 Å². The molecule has 5 nitrogen and oxygen atoms in total. The molecule has 2 saturated heterocycles. The monoisotopic (exact) mass is 470 g/mol. The highest BCUT2D eigenvalue weighted by Crippen LogP contribution is 2.30. The highest BCUT2D eigenvalue weighted by Gasteiger charge is 2.30. The van der Waals surface area contributed by atoms with Gasteiger partial charge in [-0.25, -0.2) is 0 Å². The van der Waals surface area contributed by atoms with Gasteiger partial charge < -0.3 is 15.2 Å². The SMILES string of the molecule is O=C(c1cc2ccc(C3CCNCC3)cc2[nH]1)N1CCN(Cc2ccc(C(F)(F)F)cc2)CC1. The molecule has 3 heterocycles. The molecule has 0 atom stereocenters. The molecule has 2 aliphatic heterocycles. The summed E-state index contributed by atoms with van der Waals surface area (Å²) in [7, 11) is 0. The van der Waals surface area contributed by atoms with E-state index in [1.54, 1.807) is 0 Å². The normalized spacial score (nSPS) is 18.5. The van der Waals surface area contributed by atoms with Crippen LogP contribution in [0, 0.1) is 0 Å². The Morgan fingerprint density at radius 1 is 0.941 bits per heavy atom. The van der Waals surface area contributed by atoms with Crippen molar-refractivity contribution in [1.82, 2.24) is 20.1 Å². The van der Waals surface area contributed by atoms with Crippen molar-refractivity contribution in [2.75, 3.05) is 39.3 Å². The predicted octanol–water partition coefficient (Wildman–Crippen LogP) is 4.61. The largest absolute Gasteiger partial charge is 0.416 e. The molecule has 1 aromatic heterocycles. The third-order valence-electron chi connectivity index (χ3n) is 7.03. The number of aromatic amines is 1. The van der Waals surface area contributed by atoms with Gasteiger partial charge in [-0.3, -0.25) is 9.69 Å². The Kier molecular flexibility index (Phi) is 6.36. The van der Waals surface area contributed by atoms with Crippen LogP contribution in [-0.2, 0) is 12.7 Å². The molecule has 0 unspecified atom stereocenters. The first-order chi connectivity index (χ1) is 16.4. The summed E-state index contributed by atoms with van der Waals surface area (Å²) in [5.74, 6) is 0.555. The third-order valence-corrected chi connectivity index (χ3v) is 7.03. The molecular weight excluding hydrogens is 441 g/mol. The van der Waals surface area contributed by atoms with Gasteiger partial charge >= 0.3 is 6.18 Å². The van der Waals surface area contributed by atoms with Gasteiger partial charge in [-0.15, -0.1) is 0 Å². The molecule has 2 aliphatic rings. The van der Waals surface area contributed by atoms with Gasteiger partial charge in [0.2, 0.25) is 0 Å². The molecule has 180 valence electrons. The van der Waals surface area contributed by atoms with Gasteiger partial charge in [0.15, 0.2) is 0 Å². The number of alkyl halides is 3. The fourth-order valence-electron chi connectivity index (χ4n) is 5.01. The number of carbonyl (C=O) groups excluding carboxylic acids is 1. The number of hydrogen-bond acceptors (Lipinski definition) is 3. The zero-order valence-corrected chi connectivity index (χ0v) is 19.0. The van der Waals surface area contributed by atoms with Crippen molar-refractivity contribution in [2.45, 2.75) is 31.5 Å². The number of hydrogen-bond donors (Lipinski definition) is 2. The second kappa shape index (κ2) is 9.43. The number of piperidine rings is 1. The molecule has 0 saturated carbocycles. The molecule has 0 radical (unpaired) electrons. The van der Waals surface area contributed by atoms with Crippen molar-refractivity contribution in [3.63, 3.8) is 0 Å². The van der Waals surface area contributed by atoms with Crippen LogP contribution in [0.25, 0.3) is 10.9 Å². The molecule has 2 fully saturated rings. The number of aromatic nitrogens is 1. The standard InChI is InChI=1S/C26H29F3N4O/c27-26(28,29)22-5-1-18(2-6-22)17-32-11-13-33(14-12-32)25(34)24-16-21-4-3-20(15-23(21)31-24)19-7-9-30-10-8-19/h1-6,15-16,19,30-31H,7-14,17H2. The molecule has 5 rings (SSSR count). The van der Waals surface area contributed by atoms with Crippen LogP contribution in [-0.4, -0.2) is 60.0 Å². The first-order valence-electron chi connectivity index (χ1n) is 11.9. The van der Waals surface area contributed by atoms with Crippen molar-refractivity contribution in [3.05, 3.63) is 70.9 Å². The Morgan fingerprint density at radius 3 is 2.32 bits per heavy atom. The van der Waals surface area contributed by atoms with Crippen molar-refractivity contribution in [3.8, 4) is 0 Å². The molecule has 2 aromatic carbocycles. The van der Waals surface area contributed by atoms with Gasteiger partial charge in [0.25, 0.3) is 5.91 Å². The van der Waals surface area contributed by atoms with E-state index >= 15 is 0 Å². The fourth-order valence-corrected chi connectivity index (χ4v) is 5.01. The topological polar surface area (TPSA) is 51.4 Å². The van der Waals surface area contributed by atoms with Gasteiger partial charge in [-0.2, -0.15) is 13.2 Å². The maximum atomic E-state index is 13.1. The second-order valence-electron chi connectivity index (χ2n) is 9.32. The van der Waals surface area contributed by atoms with E-state index in [1.807, 2.05) is 11.0 Å². The number of rotatable bonds is 4. The van der Waals surface area contributed by atoms with E-state index in [9.17, 15) is 18.0 Å². The Bertz CT molecular complexity index is 1140. The first kappa shape index (κ1) is 22.9. The predicted molar refractivity (Wildman–Crippen MR) is 126 cm³/mol. The summed E-state index contributed by atoms with van der Waals surface area (Å²) in [6, 6.07) is 13.7. The van der Waals surface area contributed by atoms with Crippen molar-refractivity contribution in [1.29, 1.82) is 0 Å². The van der Waals surface area contributed by atoms with Crippen LogP contribution in [0.5, 0.6) is 0 Å². The molecule has 2 N–H and O–H groups in total. The van der Waals surface area contributed by atoms with Crippen LogP contribution < -0.4 is 5.32 Å². The lowest BCUT2D eigenvalue weighted by molar-refractivity contribution is -0.137. The van der Waals surface area contributed by atoms with Crippen LogP contribution >= 0.6 is 0 Å². The van der Waals surface area contributed by atoms with Crippen molar-refractivity contribution < 1.29 is 18.0 Å². The second-order valence-corrected chi connectivity index (χ2v) is 9.32. The van der Waals surface area contributed by atoms with E-state index in [-0.39, 0.29) is 5.91 Å². The lowest BCUT2D eigenvalue weighted by atomic mass is 9.90. The molecule has 1 amide bonds. The van der Waals surface area contributed by atoms with Crippen molar-refractivity contribution >= 4 is 16.8 Å². The number of amides is 1. The summed E-state index contributed by atoms with van der Waals surface area (Å²) >= 11 is 0. The highest BCUT2D eigenvalue weighted by atomic mass is 19.4. The molecule has 0 spiro atoms. The fraction of sp³-hybridized carbons (Fsp3) is 0.423. The summed E-state index contributed by atoms with van der Waals surface area (Å²) < 4.78 is 38.3. The Labute approximate surface area is 196 Å². The lowest BCUT2D eigenvalue weighted by Gasteiger charge is -2.34. The summed E-state index contributed by atoms with van der Waals surface area (Å²) in [4.78, 5) is 20.5. The molecule has 0 aliphatic carbocycles. The van der Waals surface area contributed by atoms with Gasteiger partial charge in [0.1, 0.15) is 5.69 Å². The van der Waals surface area contributed by atoms with E-state index in [0.717, 1.165) is 54.5 Å². The number of nitrogens with one attached hydrogen (secondary N) is 2. The Balaban J connectivity index is 1.19. The maximum absolute atomic E-state index is 13.1. The molecular formula is C26H29F3N4O. The van der Waals surface area contributed by atoms with E-state index in [2.05, 4.69) is 33.4 Å². The van der Waals surface area contributed by atoms with E-state index in [4.69, 9.17) is 0 Å². The quantitative estimate of drug-likeness (QED) is 0.586. The van der Waals surface area contributed by atoms with Crippen LogP contribution in [0.1, 0.15) is 45.9 Å². The average Bonchev–Trinajstić information content (AvgIpc) is 3.28. The van der Waals surface area contributed by atoms with Crippen LogP contribution in [0.2, 0.25) is 0 Å². The number of H-pyrrole nitrogens is 1. The minimum atomic E-state index is -4.32. The third kappa shape index (κ3) is 4.98. The number of nitrogens with zero attached hydrogens (tertiary/aromatic N) is 2. The zero-order valence-electron chi connectivity index (χ0n) is 19.0. The van der Waals surface area contributed by atoms with Gasteiger partial charge in [0, 0.05) is 43.6 Å². The van der Waals surface area contributed by atoms with Crippen LogP contribution in [0.4, 0.5) is 13.2 Å². The van der Waals surface area contributed by atoms with E-state index in [1.165, 1.54) is 17.7 Å². The lowest BCUT2D eigenvalue weighted by Crippen LogP contribution is -2.48. The zero-order chi connectivity index (χ0) is 23.7. The number of benzene rings is 2. The number of carbonyl (C=O) groups is 1. The molecule has 34 heavy (non-hydrogen) atoms.